The lowest BCUT2D eigenvalue weighted by Gasteiger charge is -2.30. The highest BCUT2D eigenvalue weighted by Crippen LogP contribution is 2.20. The SMILES string of the molecule is C[C@@H](NC(=O)[C@@H]1CCCN(S(C)(=O)=O)C1)c1ccccn1. The molecule has 7 heteroatoms. The van der Waals surface area contributed by atoms with Crippen molar-refractivity contribution in [1.82, 2.24) is 14.6 Å². The predicted molar refractivity (Wildman–Crippen MR) is 79.9 cm³/mol. The van der Waals surface area contributed by atoms with Gasteiger partial charge >= 0.3 is 0 Å². The van der Waals surface area contributed by atoms with Crippen LogP contribution in [0.3, 0.4) is 0 Å². The maximum atomic E-state index is 12.3. The molecule has 1 aromatic rings. The molecule has 21 heavy (non-hydrogen) atoms. The Kier molecular flexibility index (Phi) is 4.95. The van der Waals surface area contributed by atoms with Crippen molar-refractivity contribution < 1.29 is 13.2 Å². The smallest absolute Gasteiger partial charge is 0.224 e. The monoisotopic (exact) mass is 311 g/mol. The van der Waals surface area contributed by atoms with Crippen molar-refractivity contribution >= 4 is 15.9 Å². The van der Waals surface area contributed by atoms with Crippen LogP contribution in [-0.4, -0.2) is 43.0 Å². The first-order chi connectivity index (χ1) is 9.88. The quantitative estimate of drug-likeness (QED) is 0.897. The molecule has 0 radical (unpaired) electrons. The van der Waals surface area contributed by atoms with E-state index in [-0.39, 0.29) is 24.4 Å². The third-order valence-electron chi connectivity index (χ3n) is 3.71. The van der Waals surface area contributed by atoms with Gasteiger partial charge in [-0.15, -0.1) is 0 Å². The van der Waals surface area contributed by atoms with Crippen LogP contribution in [0.25, 0.3) is 0 Å². The second-order valence-electron chi connectivity index (χ2n) is 5.45. The Morgan fingerprint density at radius 1 is 1.48 bits per heavy atom. The van der Waals surface area contributed by atoms with Gasteiger partial charge in [0.05, 0.1) is 23.9 Å². The Hall–Kier alpha value is -1.47. The normalized spacial score (nSPS) is 21.7. The van der Waals surface area contributed by atoms with Gasteiger partial charge in [-0.25, -0.2) is 12.7 Å². The van der Waals surface area contributed by atoms with E-state index in [2.05, 4.69) is 10.3 Å². The predicted octanol–water partition coefficient (Wildman–Crippen LogP) is 0.930. The van der Waals surface area contributed by atoms with Crippen molar-refractivity contribution in [3.63, 3.8) is 0 Å². The van der Waals surface area contributed by atoms with E-state index in [0.29, 0.717) is 19.4 Å². The first-order valence-electron chi connectivity index (χ1n) is 7.04. The number of nitrogens with zero attached hydrogens (tertiary/aromatic N) is 2. The van der Waals surface area contributed by atoms with Gasteiger partial charge in [0.15, 0.2) is 0 Å². The summed E-state index contributed by atoms with van der Waals surface area (Å²) in [7, 11) is -3.23. The van der Waals surface area contributed by atoms with Crippen LogP contribution in [-0.2, 0) is 14.8 Å². The lowest BCUT2D eigenvalue weighted by atomic mass is 9.98. The molecule has 1 saturated heterocycles. The lowest BCUT2D eigenvalue weighted by molar-refractivity contribution is -0.126. The summed E-state index contributed by atoms with van der Waals surface area (Å²) in [6.45, 7) is 2.63. The molecule has 0 spiro atoms. The number of pyridine rings is 1. The molecule has 2 atom stereocenters. The summed E-state index contributed by atoms with van der Waals surface area (Å²) in [4.78, 5) is 16.5. The molecule has 6 nitrogen and oxygen atoms in total. The summed E-state index contributed by atoms with van der Waals surface area (Å²) in [5, 5.41) is 2.91. The number of carbonyl (C=O) groups is 1. The van der Waals surface area contributed by atoms with Gasteiger partial charge < -0.3 is 5.32 Å². The van der Waals surface area contributed by atoms with Gasteiger partial charge in [0.1, 0.15) is 0 Å². The zero-order valence-corrected chi connectivity index (χ0v) is 13.1. The van der Waals surface area contributed by atoms with Crippen molar-refractivity contribution in [3.05, 3.63) is 30.1 Å². The molecule has 1 N–H and O–H groups in total. The molecule has 116 valence electrons. The van der Waals surface area contributed by atoms with Gasteiger partial charge in [-0.3, -0.25) is 9.78 Å². The Morgan fingerprint density at radius 2 is 2.24 bits per heavy atom. The van der Waals surface area contributed by atoms with Crippen LogP contribution in [0.1, 0.15) is 31.5 Å². The van der Waals surface area contributed by atoms with Crippen molar-refractivity contribution in [2.45, 2.75) is 25.8 Å². The molecular formula is C14H21N3O3S. The summed E-state index contributed by atoms with van der Waals surface area (Å²) in [6.07, 6.45) is 4.30. The minimum Gasteiger partial charge on any atom is -0.348 e. The molecule has 1 fully saturated rings. The summed E-state index contributed by atoms with van der Waals surface area (Å²) in [5.41, 5.74) is 0.793. The minimum atomic E-state index is -3.23. The summed E-state index contributed by atoms with van der Waals surface area (Å²) >= 11 is 0. The van der Waals surface area contributed by atoms with Gasteiger partial charge in [0.25, 0.3) is 0 Å². The van der Waals surface area contributed by atoms with Gasteiger partial charge in [0.2, 0.25) is 15.9 Å². The molecule has 0 bridgehead atoms. The first-order valence-corrected chi connectivity index (χ1v) is 8.89. The number of amides is 1. The van der Waals surface area contributed by atoms with E-state index in [1.807, 2.05) is 25.1 Å². The number of sulfonamides is 1. The number of nitrogens with one attached hydrogen (secondary N) is 1. The van der Waals surface area contributed by atoms with Crippen LogP contribution in [0.4, 0.5) is 0 Å². The lowest BCUT2D eigenvalue weighted by Crippen LogP contribution is -2.45. The number of carbonyl (C=O) groups excluding carboxylic acids is 1. The molecule has 0 aromatic carbocycles. The highest BCUT2D eigenvalue weighted by Gasteiger charge is 2.30. The van der Waals surface area contributed by atoms with Crippen LogP contribution in [0.5, 0.6) is 0 Å². The van der Waals surface area contributed by atoms with Crippen LogP contribution in [0.2, 0.25) is 0 Å². The average Bonchev–Trinajstić information content (AvgIpc) is 2.47. The average molecular weight is 311 g/mol. The summed E-state index contributed by atoms with van der Waals surface area (Å²) in [6, 6.07) is 5.36. The third-order valence-corrected chi connectivity index (χ3v) is 4.98. The molecule has 1 aliphatic rings. The molecular weight excluding hydrogens is 290 g/mol. The highest BCUT2D eigenvalue weighted by molar-refractivity contribution is 7.88. The first kappa shape index (κ1) is 15.9. The molecule has 2 heterocycles. The van der Waals surface area contributed by atoms with Crippen LogP contribution in [0, 0.1) is 5.92 Å². The number of piperidine rings is 1. The minimum absolute atomic E-state index is 0.110. The number of hydrogen-bond donors (Lipinski definition) is 1. The van der Waals surface area contributed by atoms with Crippen LogP contribution in [0.15, 0.2) is 24.4 Å². The van der Waals surface area contributed by atoms with E-state index in [0.717, 1.165) is 5.69 Å². The van der Waals surface area contributed by atoms with E-state index < -0.39 is 10.0 Å². The van der Waals surface area contributed by atoms with Crippen molar-refractivity contribution in [2.24, 2.45) is 5.92 Å². The molecule has 2 rings (SSSR count). The number of aromatic nitrogens is 1. The molecule has 1 aliphatic heterocycles. The second kappa shape index (κ2) is 6.53. The Morgan fingerprint density at radius 3 is 2.86 bits per heavy atom. The van der Waals surface area contributed by atoms with Crippen molar-refractivity contribution in [2.75, 3.05) is 19.3 Å². The van der Waals surface area contributed by atoms with Crippen LogP contribution >= 0.6 is 0 Å². The Balaban J connectivity index is 1.97. The summed E-state index contributed by atoms with van der Waals surface area (Å²) in [5.74, 6) is -0.402. The summed E-state index contributed by atoms with van der Waals surface area (Å²) < 4.78 is 24.5. The van der Waals surface area contributed by atoms with E-state index in [1.165, 1.54) is 10.6 Å². The molecule has 0 saturated carbocycles. The van der Waals surface area contributed by atoms with Gasteiger partial charge in [-0.2, -0.15) is 0 Å². The standard InChI is InChI=1S/C14H21N3O3S/c1-11(13-7-3-4-8-15-13)16-14(18)12-6-5-9-17(10-12)21(2,19)20/h3-4,7-8,11-12H,5-6,9-10H2,1-2H3,(H,16,18)/t11-,12-/m1/s1. The van der Waals surface area contributed by atoms with E-state index in [9.17, 15) is 13.2 Å². The number of hydrogen-bond acceptors (Lipinski definition) is 4. The van der Waals surface area contributed by atoms with Crippen molar-refractivity contribution in [1.29, 1.82) is 0 Å². The van der Waals surface area contributed by atoms with Crippen molar-refractivity contribution in [3.8, 4) is 0 Å². The van der Waals surface area contributed by atoms with Gasteiger partial charge in [0, 0.05) is 19.3 Å². The topological polar surface area (TPSA) is 79.4 Å². The van der Waals surface area contributed by atoms with Crippen LogP contribution < -0.4 is 5.32 Å². The van der Waals surface area contributed by atoms with E-state index >= 15 is 0 Å². The van der Waals surface area contributed by atoms with Gasteiger partial charge in [-0.1, -0.05) is 6.07 Å². The fourth-order valence-electron chi connectivity index (χ4n) is 2.49. The Labute approximate surface area is 125 Å². The third kappa shape index (κ3) is 4.25. The molecule has 0 aliphatic carbocycles. The highest BCUT2D eigenvalue weighted by atomic mass is 32.2. The van der Waals surface area contributed by atoms with Gasteiger partial charge in [-0.05, 0) is 31.9 Å². The fourth-order valence-corrected chi connectivity index (χ4v) is 3.41. The zero-order chi connectivity index (χ0) is 15.5. The number of rotatable bonds is 4. The van der Waals surface area contributed by atoms with E-state index in [4.69, 9.17) is 0 Å². The molecule has 1 amide bonds. The largest absolute Gasteiger partial charge is 0.348 e. The fraction of sp³-hybridized carbons (Fsp3) is 0.571. The maximum Gasteiger partial charge on any atom is 0.224 e. The zero-order valence-electron chi connectivity index (χ0n) is 12.3. The maximum absolute atomic E-state index is 12.3. The molecule has 0 unspecified atom stereocenters. The second-order valence-corrected chi connectivity index (χ2v) is 7.43. The Bertz CT molecular complexity index is 589. The van der Waals surface area contributed by atoms with E-state index in [1.54, 1.807) is 6.20 Å². The molecule has 1 aromatic heterocycles.